The van der Waals surface area contributed by atoms with Gasteiger partial charge in [-0.3, -0.25) is 9.69 Å². The smallest absolute Gasteiger partial charge is 0.258 e. The minimum absolute atomic E-state index is 0.0158. The zero-order valence-corrected chi connectivity index (χ0v) is 16.9. The summed E-state index contributed by atoms with van der Waals surface area (Å²) >= 11 is 0. The Bertz CT molecular complexity index is 915. The van der Waals surface area contributed by atoms with Gasteiger partial charge in [-0.2, -0.15) is 0 Å². The summed E-state index contributed by atoms with van der Waals surface area (Å²) in [5.41, 5.74) is 2.20. The number of likely N-dealkylation sites (tertiary alicyclic amines) is 2. The summed E-state index contributed by atoms with van der Waals surface area (Å²) in [6.07, 6.45) is 3.83. The van der Waals surface area contributed by atoms with Gasteiger partial charge in [0.05, 0.1) is 18.2 Å². The van der Waals surface area contributed by atoms with Gasteiger partial charge in [0.2, 0.25) is 0 Å². The van der Waals surface area contributed by atoms with Crippen molar-refractivity contribution in [2.75, 3.05) is 19.7 Å². The molecular weight excluding hydrogens is 384 g/mol. The maximum absolute atomic E-state index is 13.0. The lowest BCUT2D eigenvalue weighted by atomic mass is 10.0. The lowest BCUT2D eigenvalue weighted by Crippen LogP contribution is -2.31. The highest BCUT2D eigenvalue weighted by molar-refractivity contribution is 5.98. The number of hydrogen-bond acceptors (Lipinski definition) is 6. The van der Waals surface area contributed by atoms with Gasteiger partial charge in [0.1, 0.15) is 5.75 Å². The Morgan fingerprint density at radius 3 is 2.37 bits per heavy atom. The second-order valence-electron chi connectivity index (χ2n) is 8.21. The van der Waals surface area contributed by atoms with Gasteiger partial charge in [-0.15, -0.1) is 0 Å². The molecule has 4 rings (SSSR count). The zero-order chi connectivity index (χ0) is 21.3. The van der Waals surface area contributed by atoms with E-state index in [-0.39, 0.29) is 35.9 Å². The molecule has 0 spiro atoms. The number of carbonyl (C=O) groups is 1. The van der Waals surface area contributed by atoms with E-state index in [0.29, 0.717) is 6.54 Å². The van der Waals surface area contributed by atoms with Crippen molar-refractivity contribution < 1.29 is 25.2 Å². The molecule has 2 aliphatic heterocycles. The molecule has 2 heterocycles. The molecule has 0 saturated carbocycles. The van der Waals surface area contributed by atoms with Gasteiger partial charge in [0.15, 0.2) is 11.5 Å². The van der Waals surface area contributed by atoms with Crippen LogP contribution < -0.4 is 0 Å². The Kier molecular flexibility index (Phi) is 5.83. The zero-order valence-electron chi connectivity index (χ0n) is 16.9. The molecule has 7 nitrogen and oxygen atoms in total. The largest absolute Gasteiger partial charge is 0.507 e. The molecule has 0 aliphatic carbocycles. The van der Waals surface area contributed by atoms with Crippen LogP contribution in [-0.4, -0.2) is 61.9 Å². The quantitative estimate of drug-likeness (QED) is 0.445. The van der Waals surface area contributed by atoms with Gasteiger partial charge in [0, 0.05) is 31.3 Å². The Morgan fingerprint density at radius 1 is 0.933 bits per heavy atom. The number of amides is 1. The molecular formula is C23H28N2O5. The Morgan fingerprint density at radius 2 is 1.63 bits per heavy atom. The maximum Gasteiger partial charge on any atom is 0.258 e. The number of aliphatic hydroxyl groups excluding tert-OH is 1. The van der Waals surface area contributed by atoms with Crippen molar-refractivity contribution in [1.82, 2.24) is 9.80 Å². The van der Waals surface area contributed by atoms with E-state index in [1.54, 1.807) is 4.90 Å². The minimum Gasteiger partial charge on any atom is -0.507 e. The topological polar surface area (TPSA) is 104 Å². The van der Waals surface area contributed by atoms with Crippen LogP contribution in [0.2, 0.25) is 0 Å². The summed E-state index contributed by atoms with van der Waals surface area (Å²) in [4.78, 5) is 17.0. The standard InChI is InChI=1S/C23H28N2O5/c26-14-17-3-1-9-24(17)13-15-5-7-16(8-6-15)19-4-2-10-25(19)23(30)18-11-21(28)22(29)12-20(18)27/h5-8,11-12,17,19,26-29H,1-4,9-10,13-14H2. The molecule has 2 saturated heterocycles. The predicted octanol–water partition coefficient (Wildman–Crippen LogP) is 2.74. The average molecular weight is 412 g/mol. The first-order chi connectivity index (χ1) is 14.5. The molecule has 0 aromatic heterocycles. The fourth-order valence-electron chi connectivity index (χ4n) is 4.64. The van der Waals surface area contributed by atoms with Crippen LogP contribution in [0.15, 0.2) is 36.4 Å². The molecule has 4 N–H and O–H groups in total. The third-order valence-electron chi connectivity index (χ3n) is 6.30. The lowest BCUT2D eigenvalue weighted by Gasteiger charge is -2.26. The van der Waals surface area contributed by atoms with Crippen LogP contribution >= 0.6 is 0 Å². The van der Waals surface area contributed by atoms with Crippen molar-refractivity contribution >= 4 is 5.91 Å². The van der Waals surface area contributed by atoms with E-state index in [4.69, 9.17) is 0 Å². The fraction of sp³-hybridized carbons (Fsp3) is 0.435. The first-order valence-electron chi connectivity index (χ1n) is 10.5. The number of phenols is 3. The molecule has 2 aliphatic rings. The van der Waals surface area contributed by atoms with E-state index in [2.05, 4.69) is 17.0 Å². The molecule has 2 aromatic carbocycles. The monoisotopic (exact) mass is 412 g/mol. The minimum atomic E-state index is -0.459. The van der Waals surface area contributed by atoms with Crippen LogP contribution in [-0.2, 0) is 6.54 Å². The summed E-state index contributed by atoms with van der Waals surface area (Å²) in [5, 5.41) is 38.8. The fourth-order valence-corrected chi connectivity index (χ4v) is 4.64. The van der Waals surface area contributed by atoms with Gasteiger partial charge in [-0.25, -0.2) is 0 Å². The van der Waals surface area contributed by atoms with E-state index in [0.717, 1.165) is 56.5 Å². The number of rotatable bonds is 5. The van der Waals surface area contributed by atoms with E-state index in [1.807, 2.05) is 12.1 Å². The number of aliphatic hydroxyl groups is 1. The van der Waals surface area contributed by atoms with E-state index < -0.39 is 11.5 Å². The third kappa shape index (κ3) is 3.95. The van der Waals surface area contributed by atoms with Crippen molar-refractivity contribution in [3.05, 3.63) is 53.1 Å². The van der Waals surface area contributed by atoms with Crippen molar-refractivity contribution in [3.8, 4) is 17.2 Å². The first-order valence-corrected chi connectivity index (χ1v) is 10.5. The highest BCUT2D eigenvalue weighted by Gasteiger charge is 2.32. The van der Waals surface area contributed by atoms with Gasteiger partial charge in [-0.1, -0.05) is 24.3 Å². The molecule has 0 radical (unpaired) electrons. The molecule has 2 fully saturated rings. The second kappa shape index (κ2) is 8.53. The van der Waals surface area contributed by atoms with Gasteiger partial charge in [0.25, 0.3) is 5.91 Å². The van der Waals surface area contributed by atoms with Crippen LogP contribution in [0, 0.1) is 0 Å². The van der Waals surface area contributed by atoms with E-state index in [9.17, 15) is 25.2 Å². The highest BCUT2D eigenvalue weighted by Crippen LogP contribution is 2.37. The lowest BCUT2D eigenvalue weighted by molar-refractivity contribution is 0.0732. The third-order valence-corrected chi connectivity index (χ3v) is 6.30. The number of aromatic hydroxyl groups is 3. The van der Waals surface area contributed by atoms with E-state index >= 15 is 0 Å². The number of hydrogen-bond donors (Lipinski definition) is 4. The Balaban J connectivity index is 1.49. The molecule has 160 valence electrons. The first kappa shape index (κ1) is 20.5. The van der Waals surface area contributed by atoms with Crippen molar-refractivity contribution in [1.29, 1.82) is 0 Å². The highest BCUT2D eigenvalue weighted by atomic mass is 16.3. The molecule has 7 heteroatoms. The average Bonchev–Trinajstić information content (AvgIpc) is 3.40. The summed E-state index contributed by atoms with van der Waals surface area (Å²) in [7, 11) is 0. The van der Waals surface area contributed by atoms with Crippen LogP contribution in [0.5, 0.6) is 17.2 Å². The van der Waals surface area contributed by atoms with Crippen LogP contribution in [0.4, 0.5) is 0 Å². The molecule has 0 bridgehead atoms. The van der Waals surface area contributed by atoms with Crippen molar-refractivity contribution in [2.45, 2.75) is 44.3 Å². The van der Waals surface area contributed by atoms with E-state index in [1.165, 1.54) is 5.56 Å². The number of nitrogens with zero attached hydrogens (tertiary/aromatic N) is 2. The van der Waals surface area contributed by atoms with Crippen LogP contribution in [0.25, 0.3) is 0 Å². The number of phenolic OH excluding ortho intramolecular Hbond substituents is 3. The molecule has 2 unspecified atom stereocenters. The molecule has 30 heavy (non-hydrogen) atoms. The summed E-state index contributed by atoms with van der Waals surface area (Å²) < 4.78 is 0. The molecule has 2 aromatic rings. The van der Waals surface area contributed by atoms with Crippen LogP contribution in [0.3, 0.4) is 0 Å². The summed E-state index contributed by atoms with van der Waals surface area (Å²) in [6.45, 7) is 2.56. The van der Waals surface area contributed by atoms with Gasteiger partial charge >= 0.3 is 0 Å². The van der Waals surface area contributed by atoms with Crippen molar-refractivity contribution in [3.63, 3.8) is 0 Å². The number of carbonyl (C=O) groups excluding carboxylic acids is 1. The second-order valence-corrected chi connectivity index (χ2v) is 8.21. The normalized spacial score (nSPS) is 22.0. The number of benzene rings is 2. The van der Waals surface area contributed by atoms with Crippen LogP contribution in [0.1, 0.15) is 53.2 Å². The SMILES string of the molecule is O=C(c1cc(O)c(O)cc1O)N1CCCC1c1ccc(CN2CCCC2CO)cc1. The summed E-state index contributed by atoms with van der Waals surface area (Å²) in [5.74, 6) is -1.60. The Labute approximate surface area is 175 Å². The molecule has 2 atom stereocenters. The Hall–Kier alpha value is -2.77. The van der Waals surface area contributed by atoms with Gasteiger partial charge < -0.3 is 25.3 Å². The maximum atomic E-state index is 13.0. The van der Waals surface area contributed by atoms with Gasteiger partial charge in [-0.05, 0) is 43.4 Å². The summed E-state index contributed by atoms with van der Waals surface area (Å²) in [6, 6.07) is 10.5. The predicted molar refractivity (Wildman–Crippen MR) is 111 cm³/mol. The van der Waals surface area contributed by atoms with Crippen molar-refractivity contribution in [2.24, 2.45) is 0 Å². The molecule has 1 amide bonds.